The molecule has 1 unspecified atom stereocenters. The van der Waals surface area contributed by atoms with Gasteiger partial charge in [0.1, 0.15) is 0 Å². The van der Waals surface area contributed by atoms with Crippen molar-refractivity contribution in [2.45, 2.75) is 44.4 Å². The molecule has 0 N–H and O–H groups in total. The van der Waals surface area contributed by atoms with Crippen molar-refractivity contribution in [1.29, 1.82) is 0 Å². The van der Waals surface area contributed by atoms with Crippen LogP contribution < -0.4 is 5.30 Å². The molecule has 0 saturated carbocycles. The van der Waals surface area contributed by atoms with E-state index >= 15 is 0 Å². The average molecular weight is 240 g/mol. The van der Waals surface area contributed by atoms with Gasteiger partial charge in [0.15, 0.2) is 0 Å². The van der Waals surface area contributed by atoms with Crippen LogP contribution in [0.1, 0.15) is 38.3 Å². The third kappa shape index (κ3) is 2.77. The van der Waals surface area contributed by atoms with Gasteiger partial charge in [0, 0.05) is 4.90 Å². The fraction of sp³-hybridized carbons (Fsp3) is 0.538. The van der Waals surface area contributed by atoms with Gasteiger partial charge in [0.2, 0.25) is 0 Å². The summed E-state index contributed by atoms with van der Waals surface area (Å²) in [5.74, 6) is 0. The number of benzene rings is 1. The van der Waals surface area contributed by atoms with Crippen LogP contribution in [0.15, 0.2) is 17.0 Å². The summed E-state index contributed by atoms with van der Waals surface area (Å²) in [5.41, 5.74) is 3.14. The van der Waals surface area contributed by atoms with Crippen molar-refractivity contribution < 1.29 is 0 Å². The second-order valence-corrected chi connectivity index (χ2v) is 6.19. The summed E-state index contributed by atoms with van der Waals surface area (Å²) in [7, 11) is 0.867. The van der Waals surface area contributed by atoms with E-state index in [1.165, 1.54) is 22.9 Å². The second kappa shape index (κ2) is 4.89. The van der Waals surface area contributed by atoms with Gasteiger partial charge in [-0.2, -0.15) is 0 Å². The molecule has 15 heavy (non-hydrogen) atoms. The zero-order valence-corrected chi connectivity index (χ0v) is 12.2. The van der Waals surface area contributed by atoms with Crippen LogP contribution in [0.5, 0.6) is 0 Å². The van der Waals surface area contributed by atoms with Crippen molar-refractivity contribution in [3.8, 4) is 0 Å². The zero-order chi connectivity index (χ0) is 11.6. The predicted octanol–water partition coefficient (Wildman–Crippen LogP) is 3.90. The van der Waals surface area contributed by atoms with Crippen LogP contribution >= 0.6 is 21.2 Å². The number of aryl methyl sites for hydroxylation is 1. The van der Waals surface area contributed by atoms with Crippen LogP contribution in [-0.4, -0.2) is 6.66 Å². The molecule has 0 bridgehead atoms. The molecule has 0 aliphatic rings. The summed E-state index contributed by atoms with van der Waals surface area (Å²) < 4.78 is 0. The summed E-state index contributed by atoms with van der Waals surface area (Å²) in [6.07, 6.45) is 1.17. The Balaban J connectivity index is 3.39. The molecule has 0 amide bonds. The molecule has 0 nitrogen and oxygen atoms in total. The molecule has 1 aromatic rings. The first kappa shape index (κ1) is 13.1. The van der Waals surface area contributed by atoms with Crippen LogP contribution in [0.4, 0.5) is 0 Å². The Kier molecular flexibility index (Phi) is 4.26. The van der Waals surface area contributed by atoms with E-state index < -0.39 is 0 Å². The molecule has 0 spiro atoms. The van der Waals surface area contributed by atoms with Crippen molar-refractivity contribution in [2.75, 3.05) is 6.66 Å². The summed E-state index contributed by atoms with van der Waals surface area (Å²) in [6.45, 7) is 11.3. The largest absolute Gasteiger partial charge is 0.143 e. The van der Waals surface area contributed by atoms with E-state index in [4.69, 9.17) is 0 Å². The minimum atomic E-state index is 0.266. The van der Waals surface area contributed by atoms with Gasteiger partial charge in [0.05, 0.1) is 0 Å². The monoisotopic (exact) mass is 240 g/mol. The van der Waals surface area contributed by atoms with Crippen molar-refractivity contribution in [1.82, 2.24) is 0 Å². The van der Waals surface area contributed by atoms with Gasteiger partial charge in [-0.3, -0.25) is 0 Å². The van der Waals surface area contributed by atoms with Crippen LogP contribution in [0.25, 0.3) is 0 Å². The maximum absolute atomic E-state index is 4.48. The van der Waals surface area contributed by atoms with Gasteiger partial charge < -0.3 is 0 Å². The van der Waals surface area contributed by atoms with Crippen molar-refractivity contribution in [2.24, 2.45) is 0 Å². The Hall–Kier alpha value is -0.0000000000000000555. The summed E-state index contributed by atoms with van der Waals surface area (Å²) in [5, 5.41) is 1.53. The Morgan fingerprint density at radius 3 is 2.40 bits per heavy atom. The standard InChI is InChI=1S/C13H21PS/c1-6-13(3,4)11-8-10(15)7-9(2)12(11)14-5/h7-8,14-15H,6H2,1-5H3. The summed E-state index contributed by atoms with van der Waals surface area (Å²) in [4.78, 5) is 1.09. The lowest BCUT2D eigenvalue weighted by atomic mass is 9.81. The highest BCUT2D eigenvalue weighted by Gasteiger charge is 2.22. The summed E-state index contributed by atoms with van der Waals surface area (Å²) in [6, 6.07) is 4.41. The van der Waals surface area contributed by atoms with Crippen molar-refractivity contribution >= 4 is 26.5 Å². The van der Waals surface area contributed by atoms with Gasteiger partial charge in [0.25, 0.3) is 0 Å². The fourth-order valence-corrected chi connectivity index (χ4v) is 3.29. The molecule has 0 aliphatic heterocycles. The summed E-state index contributed by atoms with van der Waals surface area (Å²) >= 11 is 4.48. The van der Waals surface area contributed by atoms with E-state index in [1.807, 2.05) is 0 Å². The fourth-order valence-electron chi connectivity index (χ4n) is 1.82. The number of hydrogen-bond donors (Lipinski definition) is 1. The molecule has 0 heterocycles. The topological polar surface area (TPSA) is 0 Å². The third-order valence-electron chi connectivity index (χ3n) is 3.18. The number of hydrogen-bond acceptors (Lipinski definition) is 1. The Labute approximate surface area is 101 Å². The van der Waals surface area contributed by atoms with Crippen LogP contribution in [0.2, 0.25) is 0 Å². The lowest BCUT2D eigenvalue weighted by molar-refractivity contribution is 0.508. The van der Waals surface area contributed by atoms with Crippen LogP contribution in [0.3, 0.4) is 0 Å². The molecule has 2 heteroatoms. The predicted molar refractivity (Wildman–Crippen MR) is 75.6 cm³/mol. The van der Waals surface area contributed by atoms with Gasteiger partial charge in [-0.1, -0.05) is 29.4 Å². The number of rotatable bonds is 3. The van der Waals surface area contributed by atoms with E-state index in [-0.39, 0.29) is 5.41 Å². The SMILES string of the molecule is CCC(C)(C)c1cc(S)cc(C)c1PC. The van der Waals surface area contributed by atoms with E-state index in [0.717, 1.165) is 13.5 Å². The normalized spacial score (nSPS) is 12.7. The maximum atomic E-state index is 4.48. The highest BCUT2D eigenvalue weighted by molar-refractivity contribution is 7.80. The van der Waals surface area contributed by atoms with E-state index in [2.05, 4.69) is 59.1 Å². The minimum Gasteiger partial charge on any atom is -0.143 e. The average Bonchev–Trinajstić information content (AvgIpc) is 2.16. The number of thiol groups is 1. The molecule has 1 aromatic carbocycles. The molecule has 0 aliphatic carbocycles. The Morgan fingerprint density at radius 1 is 1.33 bits per heavy atom. The maximum Gasteiger partial charge on any atom is 0.00460 e. The molecule has 1 rings (SSSR count). The van der Waals surface area contributed by atoms with Gasteiger partial charge in [-0.25, -0.2) is 0 Å². The van der Waals surface area contributed by atoms with Crippen LogP contribution in [-0.2, 0) is 5.41 Å². The highest BCUT2D eigenvalue weighted by atomic mass is 32.1. The molecule has 0 saturated heterocycles. The Bertz CT molecular complexity index is 356. The van der Waals surface area contributed by atoms with Crippen LogP contribution in [0, 0.1) is 6.92 Å². The lowest BCUT2D eigenvalue weighted by Crippen LogP contribution is -2.24. The molecular weight excluding hydrogens is 219 g/mol. The van der Waals surface area contributed by atoms with E-state index in [1.54, 1.807) is 0 Å². The van der Waals surface area contributed by atoms with Crippen molar-refractivity contribution in [3.63, 3.8) is 0 Å². The highest BCUT2D eigenvalue weighted by Crippen LogP contribution is 2.31. The van der Waals surface area contributed by atoms with Gasteiger partial charge in [-0.15, -0.1) is 12.6 Å². The second-order valence-electron chi connectivity index (χ2n) is 4.67. The molecule has 0 aromatic heterocycles. The molecule has 0 fully saturated rings. The van der Waals surface area contributed by atoms with Gasteiger partial charge in [-0.05, 0) is 54.0 Å². The molecule has 84 valence electrons. The zero-order valence-electron chi connectivity index (χ0n) is 10.3. The quantitative estimate of drug-likeness (QED) is 0.601. The molecular formula is C13H21PS. The van der Waals surface area contributed by atoms with E-state index in [0.29, 0.717) is 0 Å². The molecule has 1 atom stereocenters. The first-order valence-corrected chi connectivity index (χ1v) is 7.39. The van der Waals surface area contributed by atoms with Gasteiger partial charge >= 0.3 is 0 Å². The van der Waals surface area contributed by atoms with Crippen molar-refractivity contribution in [3.05, 3.63) is 23.3 Å². The molecule has 0 radical (unpaired) electrons. The lowest BCUT2D eigenvalue weighted by Gasteiger charge is -2.27. The van der Waals surface area contributed by atoms with E-state index in [9.17, 15) is 0 Å². The Morgan fingerprint density at radius 2 is 1.93 bits per heavy atom. The first-order valence-electron chi connectivity index (χ1n) is 5.44. The minimum absolute atomic E-state index is 0.266. The smallest absolute Gasteiger partial charge is 0.00460 e. The third-order valence-corrected chi connectivity index (χ3v) is 4.61. The first-order chi connectivity index (χ1) is 6.92.